The Morgan fingerprint density at radius 2 is 1.72 bits per heavy atom. The highest BCUT2D eigenvalue weighted by molar-refractivity contribution is 6.61. The molecule has 0 aliphatic rings. The maximum absolute atomic E-state index is 6.25. The van der Waals surface area contributed by atoms with E-state index in [1.54, 1.807) is 0 Å². The third kappa shape index (κ3) is 4.21. The molecule has 0 aliphatic carbocycles. The fourth-order valence-electron chi connectivity index (χ4n) is 2.06. The van der Waals surface area contributed by atoms with Crippen LogP contribution in [0, 0.1) is 0 Å². The minimum atomic E-state index is -1.79. The zero-order valence-electron chi connectivity index (χ0n) is 11.7. The summed E-state index contributed by atoms with van der Waals surface area (Å²) in [6.07, 6.45) is 2.08. The summed E-state index contributed by atoms with van der Waals surface area (Å²) in [4.78, 5) is 0. The van der Waals surface area contributed by atoms with Crippen LogP contribution in [0.4, 0.5) is 0 Å². The van der Waals surface area contributed by atoms with Crippen LogP contribution >= 0.6 is 0 Å². The predicted molar refractivity (Wildman–Crippen MR) is 78.3 cm³/mol. The van der Waals surface area contributed by atoms with E-state index in [-0.39, 0.29) is 6.04 Å². The second kappa shape index (κ2) is 8.42. The van der Waals surface area contributed by atoms with E-state index >= 15 is 0 Å². The van der Waals surface area contributed by atoms with Crippen LogP contribution < -0.4 is 10.9 Å². The van der Waals surface area contributed by atoms with Gasteiger partial charge in [0.25, 0.3) is 0 Å². The standard InChI is InChI=1S/C14H25NO2Si/c1-4-9-13(15)12-10-7-8-11-14(12)18(16-5-2)17-6-3/h7-8,10-11,13,18H,4-6,9,15H2,1-3H3. The first-order valence-electron chi connectivity index (χ1n) is 6.82. The molecule has 1 aromatic carbocycles. The molecule has 1 unspecified atom stereocenters. The van der Waals surface area contributed by atoms with Crippen LogP contribution in [-0.4, -0.2) is 22.5 Å². The summed E-state index contributed by atoms with van der Waals surface area (Å²) in [6.45, 7) is 7.55. The van der Waals surface area contributed by atoms with E-state index in [1.807, 2.05) is 26.0 Å². The van der Waals surface area contributed by atoms with E-state index in [0.717, 1.165) is 12.8 Å². The monoisotopic (exact) mass is 267 g/mol. The Labute approximate surface area is 112 Å². The van der Waals surface area contributed by atoms with E-state index in [2.05, 4.69) is 19.1 Å². The third-order valence-corrected chi connectivity index (χ3v) is 5.19. The molecule has 0 aromatic heterocycles. The van der Waals surface area contributed by atoms with Crippen molar-refractivity contribution in [2.75, 3.05) is 13.2 Å². The summed E-state index contributed by atoms with van der Waals surface area (Å²) in [5.74, 6) is 0. The quantitative estimate of drug-likeness (QED) is 0.733. The molecule has 0 spiro atoms. The highest BCUT2D eigenvalue weighted by atomic mass is 28.3. The molecule has 0 saturated carbocycles. The summed E-state index contributed by atoms with van der Waals surface area (Å²) >= 11 is 0. The second-order valence-electron chi connectivity index (χ2n) is 4.27. The van der Waals surface area contributed by atoms with Gasteiger partial charge in [-0.25, -0.2) is 0 Å². The van der Waals surface area contributed by atoms with Crippen molar-refractivity contribution in [2.45, 2.75) is 39.7 Å². The predicted octanol–water partition coefficient (Wildman–Crippen LogP) is 1.99. The van der Waals surface area contributed by atoms with E-state index < -0.39 is 9.28 Å². The van der Waals surface area contributed by atoms with Crippen molar-refractivity contribution in [3.8, 4) is 0 Å². The molecular formula is C14H25NO2Si. The third-order valence-electron chi connectivity index (χ3n) is 2.89. The van der Waals surface area contributed by atoms with Gasteiger partial charge < -0.3 is 14.6 Å². The van der Waals surface area contributed by atoms with E-state index in [1.165, 1.54) is 10.8 Å². The van der Waals surface area contributed by atoms with Crippen molar-refractivity contribution in [1.82, 2.24) is 0 Å². The van der Waals surface area contributed by atoms with Gasteiger partial charge in [0, 0.05) is 19.3 Å². The summed E-state index contributed by atoms with van der Waals surface area (Å²) in [6, 6.07) is 8.37. The lowest BCUT2D eigenvalue weighted by atomic mass is 10.0. The van der Waals surface area contributed by atoms with Gasteiger partial charge in [-0.2, -0.15) is 0 Å². The molecule has 4 heteroatoms. The molecule has 102 valence electrons. The molecule has 1 atom stereocenters. The molecule has 3 nitrogen and oxygen atoms in total. The van der Waals surface area contributed by atoms with Crippen molar-refractivity contribution in [3.05, 3.63) is 29.8 Å². The van der Waals surface area contributed by atoms with Gasteiger partial charge >= 0.3 is 9.28 Å². The number of rotatable bonds is 8. The summed E-state index contributed by atoms with van der Waals surface area (Å²) in [7, 11) is -1.79. The molecule has 0 amide bonds. The molecule has 0 heterocycles. The molecule has 18 heavy (non-hydrogen) atoms. The average Bonchev–Trinajstić information content (AvgIpc) is 2.39. The first-order chi connectivity index (χ1) is 8.74. The van der Waals surface area contributed by atoms with Crippen molar-refractivity contribution >= 4 is 14.5 Å². The number of hydrogen-bond acceptors (Lipinski definition) is 3. The topological polar surface area (TPSA) is 44.5 Å². The first kappa shape index (κ1) is 15.4. The molecule has 0 bridgehead atoms. The molecule has 2 N–H and O–H groups in total. The lowest BCUT2D eigenvalue weighted by Crippen LogP contribution is -2.40. The average molecular weight is 267 g/mol. The lowest BCUT2D eigenvalue weighted by Gasteiger charge is -2.21. The molecule has 0 fully saturated rings. The Balaban J connectivity index is 2.97. The van der Waals surface area contributed by atoms with Crippen LogP contribution in [0.15, 0.2) is 24.3 Å². The van der Waals surface area contributed by atoms with Crippen LogP contribution in [-0.2, 0) is 8.85 Å². The molecule has 1 rings (SSSR count). The molecule has 0 radical (unpaired) electrons. The Kier molecular flexibility index (Phi) is 7.20. The van der Waals surface area contributed by atoms with Gasteiger partial charge in [0.1, 0.15) is 0 Å². The Bertz CT molecular complexity index is 340. The maximum atomic E-state index is 6.25. The van der Waals surface area contributed by atoms with Crippen molar-refractivity contribution in [3.63, 3.8) is 0 Å². The van der Waals surface area contributed by atoms with E-state index in [0.29, 0.717) is 13.2 Å². The van der Waals surface area contributed by atoms with Gasteiger partial charge in [0.15, 0.2) is 0 Å². The van der Waals surface area contributed by atoms with E-state index in [9.17, 15) is 0 Å². The van der Waals surface area contributed by atoms with Crippen molar-refractivity contribution < 1.29 is 8.85 Å². The molecular weight excluding hydrogens is 242 g/mol. The van der Waals surface area contributed by atoms with Crippen LogP contribution in [0.1, 0.15) is 45.2 Å². The van der Waals surface area contributed by atoms with Gasteiger partial charge in [-0.05, 0) is 31.0 Å². The number of hydrogen-bond donors (Lipinski definition) is 1. The molecule has 0 aliphatic heterocycles. The van der Waals surface area contributed by atoms with Gasteiger partial charge in [-0.3, -0.25) is 0 Å². The summed E-state index contributed by atoms with van der Waals surface area (Å²) in [5, 5.41) is 1.20. The minimum Gasteiger partial charge on any atom is -0.394 e. The summed E-state index contributed by atoms with van der Waals surface area (Å²) in [5.41, 5.74) is 7.44. The molecule has 1 aromatic rings. The minimum absolute atomic E-state index is 0.0853. The van der Waals surface area contributed by atoms with Crippen molar-refractivity contribution in [1.29, 1.82) is 0 Å². The van der Waals surface area contributed by atoms with Crippen LogP contribution in [0.3, 0.4) is 0 Å². The lowest BCUT2D eigenvalue weighted by molar-refractivity contribution is 0.225. The van der Waals surface area contributed by atoms with Crippen LogP contribution in [0.2, 0.25) is 0 Å². The van der Waals surface area contributed by atoms with Gasteiger partial charge in [-0.1, -0.05) is 37.6 Å². The smallest absolute Gasteiger partial charge is 0.356 e. The first-order valence-corrected chi connectivity index (χ1v) is 8.34. The van der Waals surface area contributed by atoms with Gasteiger partial charge in [0.2, 0.25) is 0 Å². The highest BCUT2D eigenvalue weighted by Crippen LogP contribution is 2.14. The van der Waals surface area contributed by atoms with Gasteiger partial charge in [0.05, 0.1) is 0 Å². The SMILES string of the molecule is CCCC(N)c1ccccc1[SiH](OCC)OCC. The zero-order valence-corrected chi connectivity index (χ0v) is 12.8. The van der Waals surface area contributed by atoms with Gasteiger partial charge in [-0.15, -0.1) is 0 Å². The van der Waals surface area contributed by atoms with E-state index in [4.69, 9.17) is 14.6 Å². The fourth-order valence-corrected chi connectivity index (χ4v) is 3.97. The fraction of sp³-hybridized carbons (Fsp3) is 0.571. The highest BCUT2D eigenvalue weighted by Gasteiger charge is 2.21. The van der Waals surface area contributed by atoms with Crippen molar-refractivity contribution in [2.24, 2.45) is 5.73 Å². The Morgan fingerprint density at radius 1 is 1.11 bits per heavy atom. The molecule has 0 saturated heterocycles. The zero-order chi connectivity index (χ0) is 13.4. The summed E-state index contributed by atoms with van der Waals surface area (Å²) < 4.78 is 11.6. The number of nitrogens with two attached hydrogens (primary N) is 1. The van der Waals surface area contributed by atoms with Crippen LogP contribution in [0.5, 0.6) is 0 Å². The normalized spacial score (nSPS) is 12.9. The maximum Gasteiger partial charge on any atom is 0.356 e. The largest absolute Gasteiger partial charge is 0.394 e. The Hall–Kier alpha value is -0.683. The second-order valence-corrected chi connectivity index (χ2v) is 6.22. The van der Waals surface area contributed by atoms with Crippen LogP contribution in [0.25, 0.3) is 0 Å². The number of benzene rings is 1. The Morgan fingerprint density at radius 3 is 2.28 bits per heavy atom.